The summed E-state index contributed by atoms with van der Waals surface area (Å²) in [5.74, 6) is -0.435. The number of rotatable bonds is 6. The lowest BCUT2D eigenvalue weighted by molar-refractivity contribution is -0.118. The van der Waals surface area contributed by atoms with E-state index < -0.39 is 36.9 Å². The van der Waals surface area contributed by atoms with Crippen LogP contribution in [-0.4, -0.2) is 63.6 Å². The number of carbonyl (C=O) groups excluding carboxylic acids is 2. The van der Waals surface area contributed by atoms with Gasteiger partial charge in [0.15, 0.2) is 0 Å². The van der Waals surface area contributed by atoms with Crippen LogP contribution in [0.15, 0.2) is 12.2 Å². The third-order valence-corrected chi connectivity index (χ3v) is 1.90. The number of nitrogens with two attached hydrogens (primary N) is 2. The van der Waals surface area contributed by atoms with E-state index in [-0.39, 0.29) is 6.29 Å². The first-order chi connectivity index (χ1) is 8.18. The molecule has 4 atom stereocenters. The second-order valence-corrected chi connectivity index (χ2v) is 3.59. The van der Waals surface area contributed by atoms with Crippen molar-refractivity contribution in [2.45, 2.75) is 31.3 Å². The number of aliphatic hydroxyl groups excluding tert-OH is 4. The predicted octanol–water partition coefficient (Wildman–Crippen LogP) is -3.36. The summed E-state index contributed by atoms with van der Waals surface area (Å²) in [5.41, 5.74) is 10.1. The van der Waals surface area contributed by atoms with Crippen molar-refractivity contribution in [1.29, 1.82) is 0 Å². The average Bonchev–Trinajstić information content (AvgIpc) is 2.35. The van der Waals surface area contributed by atoms with Crippen molar-refractivity contribution in [2.75, 3.05) is 6.61 Å². The first kappa shape index (κ1) is 19.0. The fraction of sp³-hybridized carbons (Fsp3) is 0.600. The first-order valence-corrected chi connectivity index (χ1v) is 5.00. The van der Waals surface area contributed by atoms with E-state index in [1.807, 2.05) is 0 Å². The Hall–Kier alpha value is -1.32. The Bertz CT molecular complexity index is 272. The lowest BCUT2D eigenvalue weighted by Crippen LogP contribution is -2.49. The van der Waals surface area contributed by atoms with Crippen LogP contribution in [0.5, 0.6) is 0 Å². The summed E-state index contributed by atoms with van der Waals surface area (Å²) in [7, 11) is 0. The van der Waals surface area contributed by atoms with Crippen LogP contribution in [0.1, 0.15) is 6.92 Å². The van der Waals surface area contributed by atoms with Crippen molar-refractivity contribution >= 4 is 12.2 Å². The minimum atomic E-state index is -1.62. The molecule has 0 bridgehead atoms. The van der Waals surface area contributed by atoms with Gasteiger partial charge in [0.1, 0.15) is 24.6 Å². The van der Waals surface area contributed by atoms with Crippen LogP contribution in [-0.2, 0) is 9.59 Å². The van der Waals surface area contributed by atoms with Crippen LogP contribution in [0.4, 0.5) is 0 Å². The highest BCUT2D eigenvalue weighted by atomic mass is 16.4. The number of carbonyl (C=O) groups is 2. The van der Waals surface area contributed by atoms with Crippen molar-refractivity contribution in [3.63, 3.8) is 0 Å². The minimum Gasteiger partial charge on any atom is -0.394 e. The lowest BCUT2D eigenvalue weighted by Gasteiger charge is -2.23. The summed E-state index contributed by atoms with van der Waals surface area (Å²) in [4.78, 5) is 19.8. The maximum atomic E-state index is 10.0. The zero-order valence-corrected chi connectivity index (χ0v) is 10.1. The van der Waals surface area contributed by atoms with Gasteiger partial charge in [0.25, 0.3) is 0 Å². The second-order valence-electron chi connectivity index (χ2n) is 3.59. The molecule has 1 amide bonds. The lowest BCUT2D eigenvalue weighted by atomic mass is 10.0. The fourth-order valence-corrected chi connectivity index (χ4v) is 0.644. The Morgan fingerprint density at radius 3 is 1.94 bits per heavy atom. The molecule has 0 aliphatic heterocycles. The van der Waals surface area contributed by atoms with Crippen molar-refractivity contribution in [2.24, 2.45) is 11.5 Å². The van der Waals surface area contributed by atoms with Gasteiger partial charge in [-0.3, -0.25) is 4.79 Å². The number of hydrogen-bond donors (Lipinski definition) is 6. The van der Waals surface area contributed by atoms with Gasteiger partial charge in [0.2, 0.25) is 5.91 Å². The largest absolute Gasteiger partial charge is 0.394 e. The SMILES string of the molecule is C=C(C)C(N)=O.N[C@@H](C=O)[C@@H](O)[C@H](O)[C@H](O)CO. The maximum absolute atomic E-state index is 10.0. The Kier molecular flexibility index (Phi) is 10.2. The summed E-state index contributed by atoms with van der Waals surface area (Å²) in [6.45, 7) is 4.15. The third-order valence-electron chi connectivity index (χ3n) is 1.90. The molecule has 106 valence electrons. The van der Waals surface area contributed by atoms with Crippen LogP contribution in [0.3, 0.4) is 0 Å². The normalized spacial score (nSPS) is 16.6. The van der Waals surface area contributed by atoms with Crippen molar-refractivity contribution < 1.29 is 30.0 Å². The number of hydrogen-bond acceptors (Lipinski definition) is 7. The highest BCUT2D eigenvalue weighted by Crippen LogP contribution is 2.01. The van der Waals surface area contributed by atoms with E-state index in [1.54, 1.807) is 6.92 Å². The van der Waals surface area contributed by atoms with Crippen molar-refractivity contribution in [1.82, 2.24) is 0 Å². The van der Waals surface area contributed by atoms with Crippen molar-refractivity contribution in [3.8, 4) is 0 Å². The zero-order chi connectivity index (χ0) is 14.9. The Morgan fingerprint density at radius 2 is 1.72 bits per heavy atom. The van der Waals surface area contributed by atoms with Gasteiger partial charge in [-0.1, -0.05) is 6.58 Å². The molecule has 8 nitrogen and oxygen atoms in total. The van der Waals surface area contributed by atoms with E-state index in [4.69, 9.17) is 31.9 Å². The molecule has 0 aromatic rings. The molecule has 0 aliphatic carbocycles. The fourth-order valence-electron chi connectivity index (χ4n) is 0.644. The molecule has 0 spiro atoms. The standard InChI is InChI=1S/C6H13NO5.C4H7NO/c7-3(1-8)5(11)6(12)4(10)2-9;1-3(2)4(5)6/h1,3-6,9-12H,2,7H2;1H2,2H3,(H2,5,6)/t3-,4+,5+,6+;/m0./s1. The summed E-state index contributed by atoms with van der Waals surface area (Å²) in [5, 5.41) is 35.2. The molecule has 0 saturated carbocycles. The topological polar surface area (TPSA) is 167 Å². The summed E-state index contributed by atoms with van der Waals surface area (Å²) in [6.07, 6.45) is -4.43. The summed E-state index contributed by atoms with van der Waals surface area (Å²) < 4.78 is 0. The molecule has 8 heteroatoms. The van der Waals surface area contributed by atoms with Crippen LogP contribution in [0, 0.1) is 0 Å². The predicted molar refractivity (Wildman–Crippen MR) is 63.2 cm³/mol. The third kappa shape index (κ3) is 7.87. The maximum Gasteiger partial charge on any atom is 0.243 e. The molecule has 0 aliphatic rings. The monoisotopic (exact) mass is 264 g/mol. The van der Waals surface area contributed by atoms with Gasteiger partial charge in [0, 0.05) is 5.57 Å². The van der Waals surface area contributed by atoms with E-state index >= 15 is 0 Å². The van der Waals surface area contributed by atoms with E-state index in [0.29, 0.717) is 5.57 Å². The molecule has 0 saturated heterocycles. The number of amides is 1. The number of primary amides is 1. The molecule has 8 N–H and O–H groups in total. The van der Waals surface area contributed by atoms with Gasteiger partial charge in [-0.25, -0.2) is 0 Å². The molecule has 0 fully saturated rings. The van der Waals surface area contributed by atoms with Gasteiger partial charge in [-0.15, -0.1) is 0 Å². The van der Waals surface area contributed by atoms with Crippen LogP contribution < -0.4 is 11.5 Å². The highest BCUT2D eigenvalue weighted by Gasteiger charge is 2.28. The summed E-state index contributed by atoms with van der Waals surface area (Å²) in [6, 6.07) is -1.26. The zero-order valence-electron chi connectivity index (χ0n) is 10.1. The van der Waals surface area contributed by atoms with Crippen molar-refractivity contribution in [3.05, 3.63) is 12.2 Å². The summed E-state index contributed by atoms with van der Waals surface area (Å²) >= 11 is 0. The Labute approximate surface area is 105 Å². The van der Waals surface area contributed by atoms with E-state index in [9.17, 15) is 9.59 Å². The molecular weight excluding hydrogens is 244 g/mol. The molecule has 0 unspecified atom stereocenters. The molecule has 0 aromatic heterocycles. The minimum absolute atomic E-state index is 0.248. The quantitative estimate of drug-likeness (QED) is 0.215. The molecular formula is C10H20N2O6. The molecule has 0 radical (unpaired) electrons. The molecule has 0 aromatic carbocycles. The van der Waals surface area contributed by atoms with Gasteiger partial charge in [-0.05, 0) is 6.92 Å². The van der Waals surface area contributed by atoms with Gasteiger partial charge < -0.3 is 36.7 Å². The second kappa shape index (κ2) is 9.68. The average molecular weight is 264 g/mol. The molecule has 18 heavy (non-hydrogen) atoms. The van der Waals surface area contributed by atoms with Gasteiger partial charge in [-0.2, -0.15) is 0 Å². The smallest absolute Gasteiger partial charge is 0.243 e. The Balaban J connectivity index is 0. The Morgan fingerprint density at radius 1 is 1.33 bits per heavy atom. The van der Waals surface area contributed by atoms with E-state index in [2.05, 4.69) is 6.58 Å². The number of aldehydes is 1. The van der Waals surface area contributed by atoms with Crippen LogP contribution >= 0.6 is 0 Å². The first-order valence-electron chi connectivity index (χ1n) is 5.00. The van der Waals surface area contributed by atoms with E-state index in [0.717, 1.165) is 0 Å². The van der Waals surface area contributed by atoms with E-state index in [1.165, 1.54) is 0 Å². The van der Waals surface area contributed by atoms with Crippen LogP contribution in [0.25, 0.3) is 0 Å². The van der Waals surface area contributed by atoms with Gasteiger partial charge >= 0.3 is 0 Å². The number of aliphatic hydroxyl groups is 4. The highest BCUT2D eigenvalue weighted by molar-refractivity contribution is 5.90. The van der Waals surface area contributed by atoms with Crippen LogP contribution in [0.2, 0.25) is 0 Å². The van der Waals surface area contributed by atoms with Gasteiger partial charge in [0.05, 0.1) is 12.6 Å². The molecule has 0 heterocycles. The molecule has 0 rings (SSSR count).